The molecule has 0 saturated carbocycles. The standard InChI is InChI=1S/2C4H9.C2H7ISi.Zn/c2*1-3-4-2;1-4(2)3;/h2*1,3-4H2,2H3;4H,1-2H3;/q2*-1;;+2. The van der Waals surface area contributed by atoms with E-state index >= 15 is 0 Å². The number of unbranched alkanes of at least 4 members (excludes halogenated alkanes) is 2. The third-order valence-corrected chi connectivity index (χ3v) is 0.707. The van der Waals surface area contributed by atoms with Crippen molar-refractivity contribution in [3.63, 3.8) is 0 Å². The Balaban J connectivity index is -0.0000000450. The van der Waals surface area contributed by atoms with Crippen LogP contribution in [0.15, 0.2) is 0 Å². The summed E-state index contributed by atoms with van der Waals surface area (Å²) in [5, 5.41) is 0. The van der Waals surface area contributed by atoms with Crippen LogP contribution in [0.4, 0.5) is 0 Å². The van der Waals surface area contributed by atoms with Crippen molar-refractivity contribution in [2.45, 2.75) is 52.6 Å². The molecular weight excluding hydrogens is 340 g/mol. The predicted octanol–water partition coefficient (Wildman–Crippen LogP) is 4.64. The third-order valence-electron chi connectivity index (χ3n) is 0.707. The second-order valence-corrected chi connectivity index (χ2v) is 12.2. The molecular formula is C10H25ISiZn. The van der Waals surface area contributed by atoms with Gasteiger partial charge in [0.05, 0.1) is 0 Å². The van der Waals surface area contributed by atoms with Gasteiger partial charge >= 0.3 is 19.5 Å². The van der Waals surface area contributed by atoms with Gasteiger partial charge in [-0.2, -0.15) is 12.8 Å². The smallest absolute Gasteiger partial charge is 0.343 e. The van der Waals surface area contributed by atoms with E-state index in [1.54, 1.807) is 0 Å². The predicted molar refractivity (Wildman–Crippen MR) is 73.4 cm³/mol. The molecule has 0 aliphatic carbocycles. The normalized spacial score (nSPS) is 7.38. The average Bonchev–Trinajstić information content (AvgIpc) is 2.03. The Morgan fingerprint density at radius 3 is 1.08 bits per heavy atom. The monoisotopic (exact) mass is 364 g/mol. The minimum absolute atomic E-state index is 0. The molecule has 0 amide bonds. The largest absolute Gasteiger partial charge is 2.00 e. The zero-order valence-electron chi connectivity index (χ0n) is 9.91. The Kier molecular flexibility index (Phi) is 53.9. The molecule has 0 aromatic carbocycles. The zero-order valence-corrected chi connectivity index (χ0v) is 16.2. The van der Waals surface area contributed by atoms with Gasteiger partial charge in [0, 0.05) is 0 Å². The van der Waals surface area contributed by atoms with Crippen LogP contribution in [0.1, 0.15) is 39.5 Å². The summed E-state index contributed by atoms with van der Waals surface area (Å²) in [6.07, 6.45) is 4.39. The molecule has 13 heavy (non-hydrogen) atoms. The Bertz CT molecular complexity index is 41.4. The fourth-order valence-electron chi connectivity index (χ4n) is 0. The summed E-state index contributed by atoms with van der Waals surface area (Å²) in [4.78, 5) is 0. The Hall–Kier alpha value is 1.57. The molecule has 0 aromatic heterocycles. The van der Waals surface area contributed by atoms with Crippen LogP contribution in [0, 0.1) is 13.8 Å². The van der Waals surface area contributed by atoms with Crippen LogP contribution in [0.3, 0.4) is 0 Å². The van der Waals surface area contributed by atoms with Gasteiger partial charge in [-0.15, -0.1) is 21.8 Å². The number of rotatable bonds is 2. The zero-order chi connectivity index (χ0) is 10.4. The van der Waals surface area contributed by atoms with Crippen molar-refractivity contribution < 1.29 is 19.5 Å². The molecule has 0 fully saturated rings. The van der Waals surface area contributed by atoms with Crippen molar-refractivity contribution >= 4 is 28.1 Å². The summed E-state index contributed by atoms with van der Waals surface area (Å²) < 4.78 is 0. The van der Waals surface area contributed by atoms with Gasteiger partial charge in [-0.05, 0) is 0 Å². The summed E-state index contributed by atoms with van der Waals surface area (Å²) in [7, 11) is 0. The van der Waals surface area contributed by atoms with Crippen LogP contribution in [0.25, 0.3) is 0 Å². The van der Waals surface area contributed by atoms with Crippen molar-refractivity contribution in [3.8, 4) is 0 Å². The minimum atomic E-state index is -0.169. The van der Waals surface area contributed by atoms with Crippen LogP contribution in [-0.4, -0.2) is 6.29 Å². The molecule has 0 aromatic rings. The van der Waals surface area contributed by atoms with E-state index in [1.807, 2.05) is 0 Å². The Labute approximate surface area is 113 Å². The van der Waals surface area contributed by atoms with Gasteiger partial charge in [-0.3, -0.25) is 0 Å². The molecule has 0 rings (SSSR count). The van der Waals surface area contributed by atoms with Crippen molar-refractivity contribution in [3.05, 3.63) is 13.8 Å². The van der Waals surface area contributed by atoms with Crippen LogP contribution in [-0.2, 0) is 19.5 Å². The van der Waals surface area contributed by atoms with E-state index in [1.165, 1.54) is 12.8 Å². The molecule has 0 unspecified atom stereocenters. The molecule has 0 aliphatic heterocycles. The molecule has 0 atom stereocenters. The Morgan fingerprint density at radius 1 is 1.00 bits per heavy atom. The maximum Gasteiger partial charge on any atom is 2.00 e. The average molecular weight is 366 g/mol. The molecule has 0 radical (unpaired) electrons. The molecule has 0 saturated heterocycles. The first-order valence-corrected chi connectivity index (χ1v) is 11.3. The van der Waals surface area contributed by atoms with E-state index in [9.17, 15) is 0 Å². The molecule has 0 nitrogen and oxygen atoms in total. The van der Waals surface area contributed by atoms with Crippen molar-refractivity contribution in [2.24, 2.45) is 0 Å². The van der Waals surface area contributed by atoms with Gasteiger partial charge in [0.2, 0.25) is 0 Å². The van der Waals surface area contributed by atoms with Gasteiger partial charge in [-0.1, -0.05) is 39.8 Å². The molecule has 0 aliphatic rings. The molecule has 0 N–H and O–H groups in total. The van der Waals surface area contributed by atoms with E-state index in [2.05, 4.69) is 62.6 Å². The van der Waals surface area contributed by atoms with Crippen LogP contribution < -0.4 is 0 Å². The van der Waals surface area contributed by atoms with Gasteiger partial charge in [-0.25, -0.2) is 0 Å². The van der Waals surface area contributed by atoms with Gasteiger partial charge in [0.1, 0.15) is 6.29 Å². The number of hydrogen-bond acceptors (Lipinski definition) is 0. The van der Waals surface area contributed by atoms with Crippen molar-refractivity contribution in [2.75, 3.05) is 0 Å². The number of halogens is 1. The van der Waals surface area contributed by atoms with Gasteiger partial charge in [0.15, 0.2) is 0 Å². The molecule has 0 heterocycles. The maximum atomic E-state index is 3.60. The van der Waals surface area contributed by atoms with Gasteiger partial charge in [0.25, 0.3) is 0 Å². The fraction of sp³-hybridized carbons (Fsp3) is 0.800. The van der Waals surface area contributed by atoms with Crippen LogP contribution in [0.5, 0.6) is 0 Å². The van der Waals surface area contributed by atoms with E-state index in [0.717, 1.165) is 12.8 Å². The summed E-state index contributed by atoms with van der Waals surface area (Å²) in [5.41, 5.74) is 0. The summed E-state index contributed by atoms with van der Waals surface area (Å²) in [6.45, 7) is 16.0. The van der Waals surface area contributed by atoms with E-state index in [-0.39, 0.29) is 25.8 Å². The van der Waals surface area contributed by atoms with Crippen molar-refractivity contribution in [1.29, 1.82) is 0 Å². The molecule has 3 heteroatoms. The summed E-state index contributed by atoms with van der Waals surface area (Å²) >= 11 is 2.48. The fourth-order valence-corrected chi connectivity index (χ4v) is 0. The SMILES string of the molecule is C[SiH](C)I.[CH2-]CCC.[CH2-]CCC.[Zn+2]. The molecule has 0 spiro atoms. The van der Waals surface area contributed by atoms with Crippen molar-refractivity contribution in [1.82, 2.24) is 0 Å². The maximum absolute atomic E-state index is 3.60. The third kappa shape index (κ3) is 143. The van der Waals surface area contributed by atoms with E-state index in [4.69, 9.17) is 0 Å². The first-order chi connectivity index (χ1) is 5.56. The number of hydrogen-bond donors (Lipinski definition) is 0. The Morgan fingerprint density at radius 2 is 1.08 bits per heavy atom. The second kappa shape index (κ2) is 29.2. The second-order valence-electron chi connectivity index (χ2n) is 2.72. The summed E-state index contributed by atoms with van der Waals surface area (Å²) in [6, 6.07) is 0. The van der Waals surface area contributed by atoms with Crippen LogP contribution in [0.2, 0.25) is 13.1 Å². The van der Waals surface area contributed by atoms with E-state index < -0.39 is 0 Å². The first-order valence-electron chi connectivity index (χ1n) is 4.79. The van der Waals surface area contributed by atoms with Gasteiger partial charge < -0.3 is 13.8 Å². The minimum Gasteiger partial charge on any atom is -0.343 e. The van der Waals surface area contributed by atoms with Crippen LogP contribution >= 0.6 is 21.8 Å². The topological polar surface area (TPSA) is 0 Å². The molecule has 78 valence electrons. The molecule has 0 bridgehead atoms. The van der Waals surface area contributed by atoms with E-state index in [0.29, 0.717) is 0 Å². The quantitative estimate of drug-likeness (QED) is 0.289. The summed E-state index contributed by atoms with van der Waals surface area (Å²) in [5.74, 6) is 0. The first kappa shape index (κ1) is 24.0.